The van der Waals surface area contributed by atoms with Crippen LogP contribution < -0.4 is 93.8 Å². The Bertz CT molecular complexity index is 3190. The van der Waals surface area contributed by atoms with Gasteiger partial charge in [0.1, 0.15) is 61.0 Å². The molecule has 0 rings (SSSR count). The molecule has 0 aromatic heterocycles. The number of Topliss-reactive ketones (excluding diaryl/α,β-unsaturated/α-hetero) is 1. The van der Waals surface area contributed by atoms with Crippen molar-refractivity contribution in [2.75, 3.05) is 79.2 Å². The summed E-state index contributed by atoms with van der Waals surface area (Å²) in [5, 5.41) is 109. The van der Waals surface area contributed by atoms with E-state index in [9.17, 15) is 148 Å². The van der Waals surface area contributed by atoms with Crippen LogP contribution in [-0.4, -0.2) is 229 Å². The zero-order valence-corrected chi connectivity index (χ0v) is 81.8. The molecule has 0 heterocycles. The summed E-state index contributed by atoms with van der Waals surface area (Å²) >= 11 is 0. The number of ketones is 1. The number of carboxylic acids is 1. The van der Waals surface area contributed by atoms with Crippen LogP contribution in [0.5, 0.6) is 0 Å². The number of aliphatic carboxylic acids is 1. The van der Waals surface area contributed by atoms with Crippen LogP contribution in [0.4, 0.5) is 0 Å². The molecule has 1 unspecified atom stereocenters. The molecular weight excluding hydrogens is 1960 g/mol. The van der Waals surface area contributed by atoms with E-state index in [-0.39, 0.29) is 45.6 Å². The number of carboxylic acid groups (broad SMARTS) is 1. The third-order valence-electron chi connectivity index (χ3n) is 16.5. The Morgan fingerprint density at radius 3 is 0.908 bits per heavy atom. The molecule has 0 spiro atoms. The van der Waals surface area contributed by atoms with E-state index in [0.717, 1.165) is 64.2 Å². The third kappa shape index (κ3) is 110. The van der Waals surface area contributed by atoms with E-state index in [1.54, 1.807) is 0 Å². The lowest BCUT2D eigenvalue weighted by Crippen LogP contribution is -2.47. The number of phosphoric acid groups is 7. The van der Waals surface area contributed by atoms with Crippen LogP contribution in [-0.2, 0) is 101 Å². The topological polar surface area (TPSA) is 1010 Å². The second-order valence-corrected chi connectivity index (χ2v) is 40.4. The molecule has 0 aromatic rings. The standard InChI is InChI=1S/C27H53O8P.C12H27O4P.C8H19O4P.C6H15O9P.C5H11O8P.C4H13NO7P2.C3H7O7P.C3H9O6P/c1-3-5-7-9-11-13-15-17-19-21-26(28)33-23-25(24-34-36(30,31)32)35-27(29)22-20-18-16-14-12-10-8-6-4-2;1-2-3-4-5-6-7-8-9-10-11-12-16-17(13,14)15;1-2-3-4-5-6-7-8-12-13(9,10)11;7-1-3(8)5(10)6(11)4(9)2-15-16(12,13)14;6-1-3(7)5(9)4(8)2-13-14(10,11)12;5-3-1-2-4(6,13(7,8)9)14(10,11)12;4-2(3(5)6)1-10-11(7,8)9;4-1-3(5)2-9-10(6,7)8/h25H,3-24H2,1-2H3,(H2,30,31,32);2-12H2,1H3,(H2,13,14,15);2-8H2,1H3,(H2,9,10,11);3-11H,1-2H2,(H2,12,13,14);4-6,8-9H,1-2H2,(H2,10,11,12);6H,1-3,5H2,(H2,7,8,9)(H2,10,11,12);2,4H,1H2,(H,5,6)(H2,7,8,9);3-5H,1-2H2,(H2,6,7,8)/p-18/t25-;;;3-,4+,5+,6+;4-,5+;;2-;/m1..01.1./s1. The summed E-state index contributed by atoms with van der Waals surface area (Å²) in [6, 6.07) is 0. The maximum Gasteiger partial charge on any atom is 0.334 e. The lowest BCUT2D eigenvalue weighted by molar-refractivity contribution is -0.350. The van der Waals surface area contributed by atoms with Gasteiger partial charge in [0, 0.05) is 12.8 Å². The highest BCUT2D eigenvalue weighted by Crippen LogP contribution is 2.61. The number of esters is 2. The van der Waals surface area contributed by atoms with E-state index in [4.69, 9.17) is 81.6 Å². The van der Waals surface area contributed by atoms with Crippen LogP contribution in [0.25, 0.3) is 0 Å². The zero-order chi connectivity index (χ0) is 103. The molecule has 794 valence electrons. The maximum absolute atomic E-state index is 12.1. The average Bonchev–Trinajstić information content (AvgIpc) is 0.774. The summed E-state index contributed by atoms with van der Waals surface area (Å²) in [5.41, 5.74) is 4.92. The van der Waals surface area contributed by atoms with Crippen LogP contribution in [0.15, 0.2) is 0 Å². The third-order valence-corrected chi connectivity index (χ3v) is 23.5. The Morgan fingerprint density at radius 2 is 0.618 bits per heavy atom. The van der Waals surface area contributed by atoms with Crippen LogP contribution in [0.2, 0.25) is 0 Å². The van der Waals surface area contributed by atoms with Gasteiger partial charge in [-0.3, -0.25) is 14.4 Å². The largest absolute Gasteiger partial charge is 0.808 e. The molecule has 0 aliphatic heterocycles. The molecule has 9 atom stereocenters. The SMILES string of the molecule is CCCCCCCCCCCC(=O)OC[C@H](COP(=O)([O-])[O-])OC(=O)CCCCCCCCCCC.CCCCCCCCCCCCOP(=O)([O-])[O-].CCCCCCCCOP(=O)([O-])[O-].NCCCC(O)(P(=O)([O-])[O-])P(=O)([O-])[O-].O=C(CO)[C@H](O)[C@H](O)COP(=O)([O-])[O-].O=C(O)[C@H](O)COP(=O)([O-])[O-].O=P([O-])([O-])OCC(O)CO.O=P([O-])([O-])OC[C@@H](O)[C@@H](O)[C@H](O)[C@@H](O)CO. The van der Waals surface area contributed by atoms with Gasteiger partial charge >= 0.3 is 17.9 Å². The Labute approximate surface area is 763 Å². The van der Waals surface area contributed by atoms with Crippen LogP contribution >= 0.6 is 70.0 Å². The van der Waals surface area contributed by atoms with E-state index >= 15 is 0 Å². The van der Waals surface area contributed by atoms with Gasteiger partial charge in [0.25, 0.3) is 0 Å². The summed E-state index contributed by atoms with van der Waals surface area (Å²) in [5.74, 6) is -3.72. The predicted molar refractivity (Wildman–Crippen MR) is 425 cm³/mol. The summed E-state index contributed by atoms with van der Waals surface area (Å²) in [7, 11) is -47.3. The van der Waals surface area contributed by atoms with E-state index in [1.165, 1.54) is 128 Å². The van der Waals surface area contributed by atoms with Crippen molar-refractivity contribution >= 4 is 93.6 Å². The van der Waals surface area contributed by atoms with Gasteiger partial charge in [0.15, 0.2) is 18.0 Å². The first kappa shape index (κ1) is 145. The lowest BCUT2D eigenvalue weighted by atomic mass is 10.0. The Balaban J connectivity index is -0.000000230. The highest BCUT2D eigenvalue weighted by Gasteiger charge is 2.35. The molecule has 0 aliphatic rings. The number of hydrogen-bond acceptors (Lipinski definition) is 53. The molecule has 0 aliphatic carbocycles. The Kier molecular flexibility index (Phi) is 94.5. The van der Waals surface area contributed by atoms with Crippen LogP contribution in [0.1, 0.15) is 272 Å². The molecule has 0 fully saturated rings. The molecule has 0 amide bonds. The van der Waals surface area contributed by atoms with Crippen molar-refractivity contribution in [2.45, 2.75) is 332 Å². The van der Waals surface area contributed by atoms with E-state index in [1.807, 2.05) is 0 Å². The lowest BCUT2D eigenvalue weighted by Gasteiger charge is -2.56. The fourth-order valence-electron chi connectivity index (χ4n) is 9.40. The van der Waals surface area contributed by atoms with Crippen molar-refractivity contribution < 1.29 is 256 Å². The van der Waals surface area contributed by atoms with Crippen molar-refractivity contribution in [3.63, 3.8) is 0 Å². The van der Waals surface area contributed by atoms with Gasteiger partial charge in [-0.15, -0.1) is 0 Å². The summed E-state index contributed by atoms with van der Waals surface area (Å²) in [6.07, 6.45) is 21.6. The van der Waals surface area contributed by atoms with Gasteiger partial charge in [-0.2, -0.15) is 0 Å². The van der Waals surface area contributed by atoms with Gasteiger partial charge in [-0.1, -0.05) is 220 Å². The van der Waals surface area contributed by atoms with Gasteiger partial charge in [-0.25, -0.2) is 4.79 Å². The quantitative estimate of drug-likeness (QED) is 0.0153. The van der Waals surface area contributed by atoms with Gasteiger partial charge < -0.3 is 242 Å². The number of unbranched alkanes of at least 4 members (excludes halogenated alkanes) is 30. The fourth-order valence-corrected chi connectivity index (χ4v) is 13.9. The first-order chi connectivity index (χ1) is 60.2. The summed E-state index contributed by atoms with van der Waals surface area (Å²) in [6.45, 7) is 1.33. The summed E-state index contributed by atoms with van der Waals surface area (Å²) < 4.78 is 128. The Morgan fingerprint density at radius 1 is 0.336 bits per heavy atom. The number of phosphoric ester groups is 7. The van der Waals surface area contributed by atoms with Gasteiger partial charge in [-0.05, 0) is 60.3 Å². The highest BCUT2D eigenvalue weighted by atomic mass is 31.2. The second kappa shape index (κ2) is 85.4. The molecule has 0 aromatic carbocycles. The van der Waals surface area contributed by atoms with Crippen molar-refractivity contribution in [1.29, 1.82) is 0 Å². The number of rotatable bonds is 72. The normalized spacial score (nSPS) is 14.3. The van der Waals surface area contributed by atoms with E-state index < -0.39 is 213 Å². The first-order valence-corrected chi connectivity index (χ1v) is 55.0. The molecular formula is C68H136NO53P9-18. The number of ether oxygens (including phenoxy) is 2. The molecule has 0 saturated carbocycles. The Hall–Kier alpha value is -1.37. The first-order valence-electron chi connectivity index (χ1n) is 41.7. The van der Waals surface area contributed by atoms with Crippen LogP contribution in [0.3, 0.4) is 0 Å². The molecule has 0 bridgehead atoms. The minimum Gasteiger partial charge on any atom is -0.808 e. The van der Waals surface area contributed by atoms with Crippen molar-refractivity contribution in [3.8, 4) is 0 Å². The van der Waals surface area contributed by atoms with E-state index in [2.05, 4.69) is 59.4 Å². The minimum absolute atomic E-state index is 0.0381. The monoisotopic (exact) mass is 2090 g/mol. The predicted octanol–water partition coefficient (Wildman–Crippen LogP) is -7.88. The molecule has 0 radical (unpaired) electrons. The van der Waals surface area contributed by atoms with Crippen molar-refractivity contribution in [3.05, 3.63) is 0 Å². The molecule has 131 heavy (non-hydrogen) atoms. The number of carbonyl (C=O) groups is 4. The molecule has 0 saturated heterocycles. The van der Waals surface area contributed by atoms with Gasteiger partial charge in [0.2, 0.25) is 0 Å². The number of aliphatic hydroxyl groups is 12. The number of carbonyl (C=O) groups excluding carboxylic acids is 3. The van der Waals surface area contributed by atoms with Crippen molar-refractivity contribution in [2.24, 2.45) is 5.73 Å². The molecule has 54 nitrogen and oxygen atoms in total. The summed E-state index contributed by atoms with van der Waals surface area (Å²) in [4.78, 5) is 227. The maximum atomic E-state index is 12.1. The van der Waals surface area contributed by atoms with Crippen molar-refractivity contribution in [1.82, 2.24) is 0 Å². The number of aliphatic hydroxyl groups excluding tert-OH is 11. The number of nitrogens with two attached hydrogens (primary N) is 1. The van der Waals surface area contributed by atoms with Crippen LogP contribution in [0, 0.1) is 0 Å². The van der Waals surface area contributed by atoms with Gasteiger partial charge in [0.05, 0.1) is 114 Å². The molecule has 15 N–H and O–H groups in total. The molecule has 63 heteroatoms. The fraction of sp³-hybridized carbons (Fsp3) is 0.941. The average molecular weight is 2090 g/mol. The number of hydrogen-bond donors (Lipinski definition) is 14. The van der Waals surface area contributed by atoms with E-state index in [0.29, 0.717) is 25.7 Å². The minimum atomic E-state index is -5.93. The second-order valence-electron chi connectivity index (χ2n) is 28.5. The zero-order valence-electron chi connectivity index (χ0n) is 73.8. The highest BCUT2D eigenvalue weighted by molar-refractivity contribution is 7.69. The smallest absolute Gasteiger partial charge is 0.334 e.